The zero-order chi connectivity index (χ0) is 30.4. The van der Waals surface area contributed by atoms with Crippen LogP contribution in [0.3, 0.4) is 0 Å². The number of ether oxygens (including phenoxy) is 1. The third-order valence-electron chi connectivity index (χ3n) is 7.58. The number of benzene rings is 4. The van der Waals surface area contributed by atoms with Gasteiger partial charge < -0.3 is 20.1 Å². The molecule has 5 aromatic rings. The third kappa shape index (κ3) is 4.73. The Labute approximate surface area is 262 Å². The molecule has 7 rings (SSSR count). The Morgan fingerprint density at radius 3 is 2.50 bits per heavy atom. The molecule has 218 valence electrons. The summed E-state index contributed by atoms with van der Waals surface area (Å²) in [4.78, 5) is 24.6. The number of carbonyl (C=O) groups excluding carboxylic acids is 1. The molecule has 1 aromatic heterocycles. The molecular weight excluding hydrogens is 620 g/mol. The highest BCUT2D eigenvalue weighted by Crippen LogP contribution is 2.50. The first kappa shape index (κ1) is 27.6. The van der Waals surface area contributed by atoms with Crippen molar-refractivity contribution in [3.8, 4) is 11.4 Å². The van der Waals surface area contributed by atoms with Crippen molar-refractivity contribution in [1.29, 1.82) is 0 Å². The Bertz CT molecular complexity index is 1970. The molecule has 0 saturated carbocycles. The molecular formula is C34H27BrN6O3. The van der Waals surface area contributed by atoms with Crippen molar-refractivity contribution < 1.29 is 14.6 Å². The number of rotatable bonds is 5. The van der Waals surface area contributed by atoms with Crippen LogP contribution in [0.1, 0.15) is 40.1 Å². The summed E-state index contributed by atoms with van der Waals surface area (Å²) in [5.74, 6) is 1.50. The number of anilines is 2. The number of hydrogen-bond acceptors (Lipinski definition) is 8. The predicted octanol–water partition coefficient (Wildman–Crippen LogP) is 7.62. The predicted molar refractivity (Wildman–Crippen MR) is 175 cm³/mol. The Morgan fingerprint density at radius 2 is 1.73 bits per heavy atom. The smallest absolute Gasteiger partial charge is 0.338 e. The minimum absolute atomic E-state index is 0.154. The second kappa shape index (κ2) is 11.1. The summed E-state index contributed by atoms with van der Waals surface area (Å²) in [5, 5.41) is 19.7. The molecule has 0 spiro atoms. The number of phenolic OH excluding ortho intramolecular Hbond substituents is 1. The molecule has 4 aromatic carbocycles. The third-order valence-corrected chi connectivity index (χ3v) is 8.08. The van der Waals surface area contributed by atoms with Crippen LogP contribution in [0.15, 0.2) is 112 Å². The minimum atomic E-state index is -0.480. The van der Waals surface area contributed by atoms with E-state index >= 15 is 0 Å². The number of amidine groups is 2. The molecule has 0 amide bonds. The van der Waals surface area contributed by atoms with Crippen LogP contribution in [0.5, 0.6) is 5.75 Å². The van der Waals surface area contributed by atoms with Crippen LogP contribution in [0.25, 0.3) is 5.69 Å². The fourth-order valence-corrected chi connectivity index (χ4v) is 6.01. The average molecular weight is 648 g/mol. The van der Waals surface area contributed by atoms with Gasteiger partial charge in [0.2, 0.25) is 0 Å². The molecule has 44 heavy (non-hydrogen) atoms. The lowest BCUT2D eigenvalue weighted by atomic mass is 9.92. The first-order valence-electron chi connectivity index (χ1n) is 14.2. The van der Waals surface area contributed by atoms with Crippen molar-refractivity contribution >= 4 is 56.5 Å². The molecule has 0 aliphatic carbocycles. The monoisotopic (exact) mass is 646 g/mol. The number of aryl methyl sites for hydroxylation is 1. The van der Waals surface area contributed by atoms with Gasteiger partial charge in [-0.15, -0.1) is 0 Å². The average Bonchev–Trinajstić information content (AvgIpc) is 3.38. The standard InChI is InChI=1S/C34H27BrN6O3/c1-3-44-34(43)21-13-16-23(17-14-21)36-31-33-38-32-29(20(2)39-41(32)24-9-5-4-6-10-24)30(25-19-22(35)15-18-28(25)42)40(33)27-12-8-7-11-26(27)37-31/h4-19,30,42H,3H2,1-2H3,(H,36,37)/t30-/m0/s1. The molecule has 9 nitrogen and oxygen atoms in total. The Hall–Kier alpha value is -5.22. The second-order valence-electron chi connectivity index (χ2n) is 10.4. The molecule has 2 N–H and O–H groups in total. The van der Waals surface area contributed by atoms with Gasteiger partial charge in [0, 0.05) is 21.3 Å². The minimum Gasteiger partial charge on any atom is -0.508 e. The van der Waals surface area contributed by atoms with Crippen LogP contribution < -0.4 is 10.2 Å². The molecule has 0 saturated heterocycles. The summed E-state index contributed by atoms with van der Waals surface area (Å²) in [6.45, 7) is 4.05. The maximum Gasteiger partial charge on any atom is 0.338 e. The van der Waals surface area contributed by atoms with Gasteiger partial charge >= 0.3 is 5.97 Å². The molecule has 3 heterocycles. The number of para-hydroxylation sites is 3. The van der Waals surface area contributed by atoms with Gasteiger partial charge in [-0.25, -0.2) is 19.5 Å². The lowest BCUT2D eigenvalue weighted by Crippen LogP contribution is -2.46. The number of aromatic hydroxyl groups is 1. The number of hydrogen-bond donors (Lipinski definition) is 2. The summed E-state index contributed by atoms with van der Waals surface area (Å²) in [6.07, 6.45) is 0. The largest absolute Gasteiger partial charge is 0.508 e. The number of carbonyl (C=O) groups is 1. The van der Waals surface area contributed by atoms with E-state index in [0.29, 0.717) is 35.2 Å². The van der Waals surface area contributed by atoms with Crippen LogP contribution in [0.4, 0.5) is 22.9 Å². The molecule has 1 atom stereocenters. The number of phenols is 1. The topological polar surface area (TPSA) is 104 Å². The van der Waals surface area contributed by atoms with Crippen molar-refractivity contribution in [3.63, 3.8) is 0 Å². The quantitative estimate of drug-likeness (QED) is 0.190. The van der Waals surface area contributed by atoms with E-state index in [4.69, 9.17) is 19.8 Å². The first-order chi connectivity index (χ1) is 21.4. The van der Waals surface area contributed by atoms with E-state index in [9.17, 15) is 9.90 Å². The van der Waals surface area contributed by atoms with Crippen molar-refractivity contribution in [2.75, 3.05) is 16.8 Å². The number of esters is 1. The van der Waals surface area contributed by atoms with E-state index in [1.54, 1.807) is 25.1 Å². The normalized spacial score (nSPS) is 15.0. The molecule has 0 fully saturated rings. The van der Waals surface area contributed by atoms with Crippen LogP contribution in [0, 0.1) is 6.92 Å². The van der Waals surface area contributed by atoms with Gasteiger partial charge in [0.1, 0.15) is 5.75 Å². The first-order valence-corrected chi connectivity index (χ1v) is 15.0. The van der Waals surface area contributed by atoms with Gasteiger partial charge in [0.15, 0.2) is 17.5 Å². The number of fused-ring (bicyclic) bond motifs is 4. The van der Waals surface area contributed by atoms with Crippen LogP contribution in [-0.4, -0.2) is 39.1 Å². The van der Waals surface area contributed by atoms with Crippen molar-refractivity contribution in [2.45, 2.75) is 19.9 Å². The molecule has 0 unspecified atom stereocenters. The Balaban J connectivity index is 1.44. The van der Waals surface area contributed by atoms with Gasteiger partial charge in [0.25, 0.3) is 0 Å². The van der Waals surface area contributed by atoms with Gasteiger partial charge in [0.05, 0.1) is 41.0 Å². The van der Waals surface area contributed by atoms with Crippen molar-refractivity contribution in [3.05, 3.63) is 124 Å². The molecule has 2 aliphatic rings. The number of aromatic nitrogens is 2. The fraction of sp³-hybridized carbons (Fsp3) is 0.118. The summed E-state index contributed by atoms with van der Waals surface area (Å²) in [5.41, 5.74) is 5.99. The summed E-state index contributed by atoms with van der Waals surface area (Å²) in [6, 6.07) is 29.7. The van der Waals surface area contributed by atoms with Crippen molar-refractivity contribution in [1.82, 2.24) is 9.78 Å². The maximum absolute atomic E-state index is 12.2. The van der Waals surface area contributed by atoms with Gasteiger partial charge in [-0.3, -0.25) is 0 Å². The van der Waals surface area contributed by atoms with E-state index in [1.165, 1.54) is 0 Å². The SMILES string of the molecule is CCOC(=O)c1ccc(NC2=Nc3ccccc3N3C2=Nc2c(c(C)nn2-c2ccccc2)[C@@H]3c2cc(Br)ccc2O)cc1. The Kier molecular flexibility index (Phi) is 6.98. The summed E-state index contributed by atoms with van der Waals surface area (Å²) < 4.78 is 7.81. The Morgan fingerprint density at radius 1 is 0.977 bits per heavy atom. The van der Waals surface area contributed by atoms with E-state index in [1.807, 2.05) is 90.5 Å². The van der Waals surface area contributed by atoms with Crippen LogP contribution in [-0.2, 0) is 4.74 Å². The van der Waals surface area contributed by atoms with Gasteiger partial charge in [-0.2, -0.15) is 5.10 Å². The summed E-state index contributed by atoms with van der Waals surface area (Å²) >= 11 is 3.62. The molecule has 10 heteroatoms. The van der Waals surface area contributed by atoms with Gasteiger partial charge in [-0.1, -0.05) is 46.3 Å². The van der Waals surface area contributed by atoms with Crippen LogP contribution >= 0.6 is 15.9 Å². The zero-order valence-corrected chi connectivity index (χ0v) is 25.5. The number of halogens is 1. The lowest BCUT2D eigenvalue weighted by molar-refractivity contribution is 0.0526. The van der Waals surface area contributed by atoms with Crippen LogP contribution in [0.2, 0.25) is 0 Å². The molecule has 0 radical (unpaired) electrons. The highest BCUT2D eigenvalue weighted by molar-refractivity contribution is 9.10. The fourth-order valence-electron chi connectivity index (χ4n) is 5.63. The molecule has 0 bridgehead atoms. The van der Waals surface area contributed by atoms with Crippen molar-refractivity contribution in [2.24, 2.45) is 9.98 Å². The van der Waals surface area contributed by atoms with E-state index < -0.39 is 6.04 Å². The zero-order valence-electron chi connectivity index (χ0n) is 23.9. The summed E-state index contributed by atoms with van der Waals surface area (Å²) in [7, 11) is 0. The van der Waals surface area contributed by atoms with E-state index in [2.05, 4.69) is 26.1 Å². The number of nitrogens with one attached hydrogen (secondary N) is 1. The number of aliphatic imine (C=N–C) groups is 2. The highest BCUT2D eigenvalue weighted by atomic mass is 79.9. The van der Waals surface area contributed by atoms with E-state index in [-0.39, 0.29) is 11.7 Å². The maximum atomic E-state index is 12.2. The highest BCUT2D eigenvalue weighted by Gasteiger charge is 2.42. The van der Waals surface area contributed by atoms with Gasteiger partial charge in [-0.05, 0) is 80.6 Å². The number of nitrogens with zero attached hydrogens (tertiary/aromatic N) is 5. The molecule has 2 aliphatic heterocycles. The van der Waals surface area contributed by atoms with E-state index in [0.717, 1.165) is 38.5 Å². The second-order valence-corrected chi connectivity index (χ2v) is 11.3. The lowest BCUT2D eigenvalue weighted by Gasteiger charge is -2.40.